The van der Waals surface area contributed by atoms with E-state index in [-0.39, 0.29) is 0 Å². The summed E-state index contributed by atoms with van der Waals surface area (Å²) in [5.41, 5.74) is 2.32. The van der Waals surface area contributed by atoms with Crippen molar-refractivity contribution in [1.29, 1.82) is 0 Å². The van der Waals surface area contributed by atoms with Crippen LogP contribution in [0.2, 0.25) is 5.02 Å². The molecule has 26 heavy (non-hydrogen) atoms. The minimum atomic E-state index is 0.557. The van der Waals surface area contributed by atoms with Gasteiger partial charge in [0.1, 0.15) is 11.6 Å². The van der Waals surface area contributed by atoms with Gasteiger partial charge in [0.15, 0.2) is 5.16 Å². The van der Waals surface area contributed by atoms with Gasteiger partial charge in [0, 0.05) is 22.3 Å². The van der Waals surface area contributed by atoms with Crippen molar-refractivity contribution in [2.75, 3.05) is 7.11 Å². The van der Waals surface area contributed by atoms with E-state index in [1.807, 2.05) is 24.3 Å². The number of benzene rings is 2. The van der Waals surface area contributed by atoms with Crippen molar-refractivity contribution in [3.05, 3.63) is 70.5 Å². The van der Waals surface area contributed by atoms with Crippen LogP contribution in [0.1, 0.15) is 35.7 Å². The van der Waals surface area contributed by atoms with E-state index in [0.717, 1.165) is 34.6 Å². The van der Waals surface area contributed by atoms with Crippen molar-refractivity contribution in [3.8, 4) is 5.75 Å². The number of nitrogens with zero attached hydrogens (tertiary/aromatic N) is 3. The second kappa shape index (κ2) is 7.72. The molecule has 2 aromatic carbocycles. The van der Waals surface area contributed by atoms with Crippen LogP contribution in [0.4, 0.5) is 0 Å². The van der Waals surface area contributed by atoms with Gasteiger partial charge < -0.3 is 9.30 Å². The first-order valence-corrected chi connectivity index (χ1v) is 10.0. The molecule has 0 aliphatic heterocycles. The maximum absolute atomic E-state index is 6.15. The van der Waals surface area contributed by atoms with Gasteiger partial charge in [0.05, 0.1) is 13.7 Å². The summed E-state index contributed by atoms with van der Waals surface area (Å²) in [7, 11) is 1.68. The summed E-state index contributed by atoms with van der Waals surface area (Å²) in [6.45, 7) is 0.800. The zero-order chi connectivity index (χ0) is 17.9. The molecule has 1 aliphatic rings. The minimum absolute atomic E-state index is 0.557. The van der Waals surface area contributed by atoms with E-state index in [9.17, 15) is 0 Å². The standard InChI is InChI=1S/C20H20ClN3OS/c1-25-18-10-9-17(21)11-16(18)13-26-20-23-22-19(15-7-8-15)24(20)12-14-5-3-2-4-6-14/h2-6,9-11,15H,7-8,12-13H2,1H3. The van der Waals surface area contributed by atoms with Crippen LogP contribution in [0, 0.1) is 0 Å². The van der Waals surface area contributed by atoms with E-state index >= 15 is 0 Å². The van der Waals surface area contributed by atoms with E-state index in [4.69, 9.17) is 16.3 Å². The van der Waals surface area contributed by atoms with Crippen molar-refractivity contribution < 1.29 is 4.74 Å². The Kier molecular flexibility index (Phi) is 5.18. The number of ether oxygens (including phenoxy) is 1. The van der Waals surface area contributed by atoms with Crippen LogP contribution in [0.25, 0.3) is 0 Å². The molecule has 0 spiro atoms. The van der Waals surface area contributed by atoms with Gasteiger partial charge in [-0.3, -0.25) is 0 Å². The zero-order valence-electron chi connectivity index (χ0n) is 14.6. The predicted molar refractivity (Wildman–Crippen MR) is 105 cm³/mol. The molecule has 1 aliphatic carbocycles. The number of hydrogen-bond acceptors (Lipinski definition) is 4. The molecular weight excluding hydrogens is 366 g/mol. The fourth-order valence-corrected chi connectivity index (χ4v) is 4.08. The van der Waals surface area contributed by atoms with Gasteiger partial charge in [0.25, 0.3) is 0 Å². The molecule has 0 unspecified atom stereocenters. The second-order valence-corrected chi connectivity index (χ2v) is 7.81. The van der Waals surface area contributed by atoms with Gasteiger partial charge in [-0.05, 0) is 36.6 Å². The molecule has 1 saturated carbocycles. The highest BCUT2D eigenvalue weighted by Gasteiger charge is 2.30. The van der Waals surface area contributed by atoms with Crippen LogP contribution < -0.4 is 4.74 Å². The smallest absolute Gasteiger partial charge is 0.191 e. The molecule has 1 fully saturated rings. The lowest BCUT2D eigenvalue weighted by molar-refractivity contribution is 0.411. The van der Waals surface area contributed by atoms with Crippen molar-refractivity contribution in [2.45, 2.75) is 36.2 Å². The predicted octanol–water partition coefficient (Wildman–Crippen LogP) is 5.16. The maximum atomic E-state index is 6.15. The lowest BCUT2D eigenvalue weighted by Crippen LogP contribution is -2.06. The van der Waals surface area contributed by atoms with Gasteiger partial charge in [-0.25, -0.2) is 0 Å². The second-order valence-electron chi connectivity index (χ2n) is 6.43. The average Bonchev–Trinajstić information content (AvgIpc) is 3.43. The molecule has 3 aromatic rings. The summed E-state index contributed by atoms with van der Waals surface area (Å²) in [5.74, 6) is 3.25. The normalized spacial score (nSPS) is 13.8. The summed E-state index contributed by atoms with van der Waals surface area (Å²) in [4.78, 5) is 0. The van der Waals surface area contributed by atoms with Crippen molar-refractivity contribution >= 4 is 23.4 Å². The highest BCUT2D eigenvalue weighted by atomic mass is 35.5. The fourth-order valence-electron chi connectivity index (χ4n) is 2.97. The Labute approximate surface area is 162 Å². The molecule has 134 valence electrons. The van der Waals surface area contributed by atoms with Crippen LogP contribution >= 0.6 is 23.4 Å². The Hall–Kier alpha value is -1.98. The fraction of sp³-hybridized carbons (Fsp3) is 0.300. The first-order chi connectivity index (χ1) is 12.7. The molecule has 1 heterocycles. The van der Waals surface area contributed by atoms with E-state index in [1.165, 1.54) is 18.4 Å². The van der Waals surface area contributed by atoms with Crippen molar-refractivity contribution in [3.63, 3.8) is 0 Å². The highest BCUT2D eigenvalue weighted by molar-refractivity contribution is 7.98. The molecule has 4 rings (SSSR count). The Morgan fingerprint density at radius 2 is 1.96 bits per heavy atom. The third-order valence-corrected chi connectivity index (χ3v) is 5.72. The monoisotopic (exact) mass is 385 g/mol. The van der Waals surface area contributed by atoms with Crippen LogP contribution in [-0.2, 0) is 12.3 Å². The molecule has 0 radical (unpaired) electrons. The molecule has 0 amide bonds. The van der Waals surface area contributed by atoms with Crippen LogP contribution in [0.15, 0.2) is 53.7 Å². The Morgan fingerprint density at radius 1 is 1.15 bits per heavy atom. The zero-order valence-corrected chi connectivity index (χ0v) is 16.1. The summed E-state index contributed by atoms with van der Waals surface area (Å²) < 4.78 is 7.71. The number of rotatable bonds is 7. The molecule has 6 heteroatoms. The molecular formula is C20H20ClN3OS. The van der Waals surface area contributed by atoms with E-state index < -0.39 is 0 Å². The van der Waals surface area contributed by atoms with Crippen molar-refractivity contribution in [1.82, 2.24) is 14.8 Å². The van der Waals surface area contributed by atoms with Gasteiger partial charge >= 0.3 is 0 Å². The SMILES string of the molecule is COc1ccc(Cl)cc1CSc1nnc(C2CC2)n1Cc1ccccc1. The quantitative estimate of drug-likeness (QED) is 0.527. The number of methoxy groups -OCH3 is 1. The van der Waals surface area contributed by atoms with E-state index in [1.54, 1.807) is 18.9 Å². The first kappa shape index (κ1) is 17.4. The van der Waals surface area contributed by atoms with Crippen molar-refractivity contribution in [2.24, 2.45) is 0 Å². The number of aromatic nitrogens is 3. The van der Waals surface area contributed by atoms with Crippen LogP contribution in [0.5, 0.6) is 5.75 Å². The van der Waals surface area contributed by atoms with Gasteiger partial charge in [-0.15, -0.1) is 10.2 Å². The first-order valence-electron chi connectivity index (χ1n) is 8.67. The number of halogens is 1. The van der Waals surface area contributed by atoms with Gasteiger partial charge in [0.2, 0.25) is 0 Å². The lowest BCUT2D eigenvalue weighted by atomic mass is 10.2. The topological polar surface area (TPSA) is 39.9 Å². The van der Waals surface area contributed by atoms with Crippen LogP contribution in [0.3, 0.4) is 0 Å². The maximum Gasteiger partial charge on any atom is 0.191 e. The summed E-state index contributed by atoms with van der Waals surface area (Å²) in [6.07, 6.45) is 2.42. The van der Waals surface area contributed by atoms with E-state index in [2.05, 4.69) is 39.0 Å². The lowest BCUT2D eigenvalue weighted by Gasteiger charge is -2.11. The molecule has 0 atom stereocenters. The number of hydrogen-bond donors (Lipinski definition) is 0. The van der Waals surface area contributed by atoms with Gasteiger partial charge in [-0.2, -0.15) is 0 Å². The Balaban J connectivity index is 1.58. The largest absolute Gasteiger partial charge is 0.496 e. The summed E-state index contributed by atoms with van der Waals surface area (Å²) in [6, 6.07) is 16.2. The molecule has 1 aromatic heterocycles. The minimum Gasteiger partial charge on any atom is -0.496 e. The molecule has 0 saturated heterocycles. The summed E-state index contributed by atoms with van der Waals surface area (Å²) >= 11 is 7.82. The Morgan fingerprint density at radius 3 is 2.69 bits per heavy atom. The summed E-state index contributed by atoms with van der Waals surface area (Å²) in [5, 5.41) is 10.6. The number of thioether (sulfide) groups is 1. The van der Waals surface area contributed by atoms with Gasteiger partial charge in [-0.1, -0.05) is 53.7 Å². The average molecular weight is 386 g/mol. The highest BCUT2D eigenvalue weighted by Crippen LogP contribution is 2.40. The van der Waals surface area contributed by atoms with Crippen LogP contribution in [-0.4, -0.2) is 21.9 Å². The molecule has 4 nitrogen and oxygen atoms in total. The third-order valence-electron chi connectivity index (χ3n) is 4.47. The third kappa shape index (κ3) is 3.89. The van der Waals surface area contributed by atoms with E-state index in [0.29, 0.717) is 10.9 Å². The molecule has 0 bridgehead atoms. The molecule has 0 N–H and O–H groups in total. The Bertz CT molecular complexity index is 893.